The molecule has 17 heavy (non-hydrogen) atoms. The summed E-state index contributed by atoms with van der Waals surface area (Å²) < 4.78 is 0. The number of hydrogen-bond acceptors (Lipinski definition) is 2. The molecule has 0 aliphatic heterocycles. The Morgan fingerprint density at radius 2 is 1.71 bits per heavy atom. The van der Waals surface area contributed by atoms with Gasteiger partial charge in [-0.25, -0.2) is 0 Å². The first-order valence-corrected chi connectivity index (χ1v) is 6.76. The minimum Gasteiger partial charge on any atom is -0.384 e. The number of rotatable bonds is 7. The summed E-state index contributed by atoms with van der Waals surface area (Å²) in [6.45, 7) is 10.8. The van der Waals surface area contributed by atoms with Gasteiger partial charge >= 0.3 is 0 Å². The molecule has 0 heterocycles. The highest BCUT2D eigenvalue weighted by Crippen LogP contribution is 2.16. The first-order chi connectivity index (χ1) is 8.17. The van der Waals surface area contributed by atoms with Gasteiger partial charge < -0.3 is 10.6 Å². The number of nitrogens with one attached hydrogen (secondary N) is 2. The highest BCUT2D eigenvalue weighted by Gasteiger charge is 2.00. The molecule has 2 N–H and O–H groups in total. The van der Waals surface area contributed by atoms with E-state index in [1.54, 1.807) is 0 Å². The summed E-state index contributed by atoms with van der Waals surface area (Å²) >= 11 is 0. The Hall–Kier alpha value is -1.02. The summed E-state index contributed by atoms with van der Waals surface area (Å²) in [5.41, 5.74) is 4.18. The average molecular weight is 234 g/mol. The summed E-state index contributed by atoms with van der Waals surface area (Å²) in [5.74, 6) is 0. The Labute approximate surface area is 106 Å². The zero-order valence-electron chi connectivity index (χ0n) is 11.6. The maximum atomic E-state index is 3.46. The van der Waals surface area contributed by atoms with E-state index in [-0.39, 0.29) is 0 Å². The van der Waals surface area contributed by atoms with Crippen molar-refractivity contribution in [2.24, 2.45) is 0 Å². The van der Waals surface area contributed by atoms with E-state index in [1.807, 2.05) is 0 Å². The Morgan fingerprint density at radius 1 is 1.00 bits per heavy atom. The molecule has 0 bridgehead atoms. The van der Waals surface area contributed by atoms with Crippen LogP contribution in [0.5, 0.6) is 0 Å². The zero-order valence-corrected chi connectivity index (χ0v) is 11.6. The molecule has 1 aromatic carbocycles. The van der Waals surface area contributed by atoms with E-state index >= 15 is 0 Å². The zero-order chi connectivity index (χ0) is 12.7. The second-order valence-electron chi connectivity index (χ2n) is 4.73. The lowest BCUT2D eigenvalue weighted by molar-refractivity contribution is 0.602. The standard InChI is InChI=1S/C15H26N2/c1-5-13-7-8-15(11-14(13)6-2)17-10-9-16-12(3)4/h7-8,11-12,16-17H,5-6,9-10H2,1-4H3. The normalized spacial score (nSPS) is 10.9. The minimum absolute atomic E-state index is 0.561. The molecule has 1 rings (SSSR count). The first kappa shape index (κ1) is 14.0. The molecule has 0 aliphatic rings. The maximum Gasteiger partial charge on any atom is 0.0343 e. The molecule has 0 radical (unpaired) electrons. The van der Waals surface area contributed by atoms with Crippen molar-refractivity contribution in [3.8, 4) is 0 Å². The van der Waals surface area contributed by atoms with Gasteiger partial charge in [-0.15, -0.1) is 0 Å². The van der Waals surface area contributed by atoms with Crippen molar-refractivity contribution in [3.05, 3.63) is 29.3 Å². The summed E-state index contributed by atoms with van der Waals surface area (Å²) in [4.78, 5) is 0. The fourth-order valence-corrected chi connectivity index (χ4v) is 1.98. The monoisotopic (exact) mass is 234 g/mol. The Kier molecular flexibility index (Phi) is 6.06. The molecule has 0 spiro atoms. The fourth-order valence-electron chi connectivity index (χ4n) is 1.98. The molecule has 1 aromatic rings. The van der Waals surface area contributed by atoms with Crippen LogP contribution in [0.4, 0.5) is 5.69 Å². The van der Waals surface area contributed by atoms with Gasteiger partial charge in [0.1, 0.15) is 0 Å². The van der Waals surface area contributed by atoms with Crippen LogP contribution in [0.2, 0.25) is 0 Å². The second kappa shape index (κ2) is 7.33. The van der Waals surface area contributed by atoms with Crippen molar-refractivity contribution < 1.29 is 0 Å². The predicted molar refractivity (Wildman–Crippen MR) is 76.8 cm³/mol. The highest BCUT2D eigenvalue weighted by molar-refractivity contribution is 5.48. The van der Waals surface area contributed by atoms with Crippen LogP contribution in [0.1, 0.15) is 38.8 Å². The molecule has 2 heteroatoms. The molecular formula is C15H26N2. The van der Waals surface area contributed by atoms with Crippen molar-refractivity contribution in [2.75, 3.05) is 18.4 Å². The third kappa shape index (κ3) is 4.78. The summed E-state index contributed by atoms with van der Waals surface area (Å²) in [5, 5.41) is 6.87. The van der Waals surface area contributed by atoms with Gasteiger partial charge in [0.2, 0.25) is 0 Å². The first-order valence-electron chi connectivity index (χ1n) is 6.76. The van der Waals surface area contributed by atoms with Crippen molar-refractivity contribution >= 4 is 5.69 Å². The van der Waals surface area contributed by atoms with Crippen LogP contribution in [0.3, 0.4) is 0 Å². The summed E-state index contributed by atoms with van der Waals surface area (Å²) in [6, 6.07) is 7.28. The van der Waals surface area contributed by atoms with E-state index in [4.69, 9.17) is 0 Å². The largest absolute Gasteiger partial charge is 0.384 e. The molecule has 0 fully saturated rings. The van der Waals surface area contributed by atoms with Crippen LogP contribution in [-0.4, -0.2) is 19.1 Å². The van der Waals surface area contributed by atoms with E-state index in [9.17, 15) is 0 Å². The second-order valence-corrected chi connectivity index (χ2v) is 4.73. The fraction of sp³-hybridized carbons (Fsp3) is 0.600. The molecule has 96 valence electrons. The third-order valence-corrected chi connectivity index (χ3v) is 2.97. The lowest BCUT2D eigenvalue weighted by Gasteiger charge is -2.12. The van der Waals surface area contributed by atoms with Crippen LogP contribution < -0.4 is 10.6 Å². The summed E-state index contributed by atoms with van der Waals surface area (Å²) in [7, 11) is 0. The van der Waals surface area contributed by atoms with Gasteiger partial charge in [0.15, 0.2) is 0 Å². The SMILES string of the molecule is CCc1ccc(NCCNC(C)C)cc1CC. The van der Waals surface area contributed by atoms with Gasteiger partial charge in [-0.1, -0.05) is 33.8 Å². The van der Waals surface area contributed by atoms with Gasteiger partial charge in [0.05, 0.1) is 0 Å². The molecule has 0 saturated heterocycles. The van der Waals surface area contributed by atoms with Crippen LogP contribution in [0, 0.1) is 0 Å². The minimum atomic E-state index is 0.561. The van der Waals surface area contributed by atoms with Crippen LogP contribution >= 0.6 is 0 Å². The van der Waals surface area contributed by atoms with Gasteiger partial charge in [-0.3, -0.25) is 0 Å². The smallest absolute Gasteiger partial charge is 0.0343 e. The molecule has 0 unspecified atom stereocenters. The van der Waals surface area contributed by atoms with E-state index in [0.717, 1.165) is 25.9 Å². The van der Waals surface area contributed by atoms with Crippen LogP contribution in [-0.2, 0) is 12.8 Å². The Balaban J connectivity index is 2.48. The van der Waals surface area contributed by atoms with Crippen molar-refractivity contribution in [1.29, 1.82) is 0 Å². The molecule has 0 atom stereocenters. The third-order valence-electron chi connectivity index (χ3n) is 2.97. The van der Waals surface area contributed by atoms with Crippen LogP contribution in [0.15, 0.2) is 18.2 Å². The highest BCUT2D eigenvalue weighted by atomic mass is 15.0. The van der Waals surface area contributed by atoms with E-state index in [1.165, 1.54) is 16.8 Å². The molecule has 0 amide bonds. The molecule has 2 nitrogen and oxygen atoms in total. The van der Waals surface area contributed by atoms with E-state index in [2.05, 4.69) is 56.5 Å². The Bertz CT molecular complexity index is 332. The number of hydrogen-bond donors (Lipinski definition) is 2. The molecule has 0 saturated carbocycles. The van der Waals surface area contributed by atoms with Gasteiger partial charge in [0, 0.05) is 24.8 Å². The lowest BCUT2D eigenvalue weighted by atomic mass is 10.0. The number of aryl methyl sites for hydroxylation is 2. The number of anilines is 1. The topological polar surface area (TPSA) is 24.1 Å². The van der Waals surface area contributed by atoms with Gasteiger partial charge in [0.25, 0.3) is 0 Å². The summed E-state index contributed by atoms with van der Waals surface area (Å²) in [6.07, 6.45) is 2.24. The quantitative estimate of drug-likeness (QED) is 0.708. The molecule has 0 aromatic heterocycles. The van der Waals surface area contributed by atoms with Gasteiger partial charge in [-0.05, 0) is 36.1 Å². The Morgan fingerprint density at radius 3 is 2.29 bits per heavy atom. The predicted octanol–water partition coefficient (Wildman–Crippen LogP) is 3.22. The van der Waals surface area contributed by atoms with Crippen LogP contribution in [0.25, 0.3) is 0 Å². The maximum absolute atomic E-state index is 3.46. The van der Waals surface area contributed by atoms with Crippen molar-refractivity contribution in [1.82, 2.24) is 5.32 Å². The number of benzene rings is 1. The molecular weight excluding hydrogens is 208 g/mol. The molecule has 0 aliphatic carbocycles. The lowest BCUT2D eigenvalue weighted by Crippen LogP contribution is -2.28. The van der Waals surface area contributed by atoms with E-state index < -0.39 is 0 Å². The van der Waals surface area contributed by atoms with Crippen molar-refractivity contribution in [2.45, 2.75) is 46.6 Å². The van der Waals surface area contributed by atoms with E-state index in [0.29, 0.717) is 6.04 Å². The average Bonchev–Trinajstić information content (AvgIpc) is 2.34. The van der Waals surface area contributed by atoms with Gasteiger partial charge in [-0.2, -0.15) is 0 Å². The van der Waals surface area contributed by atoms with Crippen molar-refractivity contribution in [3.63, 3.8) is 0 Å².